The van der Waals surface area contributed by atoms with Crippen molar-refractivity contribution >= 4 is 11.4 Å². The Balaban J connectivity index is 2.19. The van der Waals surface area contributed by atoms with Crippen molar-refractivity contribution in [2.24, 2.45) is 0 Å². The van der Waals surface area contributed by atoms with Crippen molar-refractivity contribution < 1.29 is 14.4 Å². The first-order chi connectivity index (χ1) is 9.60. The highest BCUT2D eigenvalue weighted by atomic mass is 16.6. The van der Waals surface area contributed by atoms with E-state index < -0.39 is 4.92 Å². The highest BCUT2D eigenvalue weighted by Crippen LogP contribution is 2.29. The van der Waals surface area contributed by atoms with Gasteiger partial charge < -0.3 is 15.2 Å². The number of benzene rings is 2. The average molecular weight is 274 g/mol. The minimum atomic E-state index is -0.529. The van der Waals surface area contributed by atoms with E-state index >= 15 is 0 Å². The third-order valence-electron chi connectivity index (χ3n) is 2.64. The first-order valence-corrected chi connectivity index (χ1v) is 5.90. The number of nitrogens with zero attached hydrogens (tertiary/aromatic N) is 1. The Morgan fingerprint density at radius 1 is 1.20 bits per heavy atom. The average Bonchev–Trinajstić information content (AvgIpc) is 2.39. The molecule has 0 heterocycles. The van der Waals surface area contributed by atoms with E-state index in [0.29, 0.717) is 18.1 Å². The fourth-order valence-electron chi connectivity index (χ4n) is 1.76. The SMILES string of the molecule is COCc1cccc(Oc2ccc([N+](=O)[O-])c(N)c2)c1. The minimum absolute atomic E-state index is 0.0700. The van der Waals surface area contributed by atoms with Crippen molar-refractivity contribution in [1.29, 1.82) is 0 Å². The summed E-state index contributed by atoms with van der Waals surface area (Å²) in [6, 6.07) is 11.7. The van der Waals surface area contributed by atoms with E-state index in [1.54, 1.807) is 13.2 Å². The maximum atomic E-state index is 10.7. The summed E-state index contributed by atoms with van der Waals surface area (Å²) in [7, 11) is 1.62. The molecule has 6 nitrogen and oxygen atoms in total. The molecule has 0 saturated carbocycles. The molecule has 0 amide bonds. The third kappa shape index (κ3) is 3.24. The molecule has 0 aliphatic rings. The third-order valence-corrected chi connectivity index (χ3v) is 2.64. The molecule has 2 rings (SSSR count). The molecule has 0 fully saturated rings. The Kier molecular flexibility index (Phi) is 4.17. The fraction of sp³-hybridized carbons (Fsp3) is 0.143. The number of rotatable bonds is 5. The molecule has 0 aromatic heterocycles. The van der Waals surface area contributed by atoms with Gasteiger partial charge in [-0.25, -0.2) is 0 Å². The maximum Gasteiger partial charge on any atom is 0.292 e. The molecule has 0 aliphatic heterocycles. The standard InChI is InChI=1S/C14H14N2O4/c1-19-9-10-3-2-4-11(7-10)20-12-5-6-14(16(17)18)13(15)8-12/h2-8H,9,15H2,1H3. The van der Waals surface area contributed by atoms with Gasteiger partial charge >= 0.3 is 0 Å². The second kappa shape index (κ2) is 6.03. The van der Waals surface area contributed by atoms with Crippen LogP contribution in [0.3, 0.4) is 0 Å². The van der Waals surface area contributed by atoms with E-state index in [9.17, 15) is 10.1 Å². The molecule has 0 unspecified atom stereocenters. The van der Waals surface area contributed by atoms with Crippen LogP contribution in [0.1, 0.15) is 5.56 Å². The molecule has 0 saturated heterocycles. The van der Waals surface area contributed by atoms with Gasteiger partial charge in [0.25, 0.3) is 5.69 Å². The van der Waals surface area contributed by atoms with Crippen LogP contribution in [0.5, 0.6) is 11.5 Å². The summed E-state index contributed by atoms with van der Waals surface area (Å²) in [4.78, 5) is 10.1. The Labute approximate surface area is 115 Å². The molecular formula is C14H14N2O4. The summed E-state index contributed by atoms with van der Waals surface area (Å²) >= 11 is 0. The van der Waals surface area contributed by atoms with Crippen molar-refractivity contribution in [1.82, 2.24) is 0 Å². The van der Waals surface area contributed by atoms with Crippen LogP contribution >= 0.6 is 0 Å². The number of nitro groups is 1. The van der Waals surface area contributed by atoms with Gasteiger partial charge in [-0.3, -0.25) is 10.1 Å². The predicted molar refractivity (Wildman–Crippen MR) is 74.7 cm³/mol. The quantitative estimate of drug-likeness (QED) is 0.514. The van der Waals surface area contributed by atoms with Crippen molar-refractivity contribution in [2.75, 3.05) is 12.8 Å². The lowest BCUT2D eigenvalue weighted by atomic mass is 10.2. The predicted octanol–water partition coefficient (Wildman–Crippen LogP) is 3.12. The lowest BCUT2D eigenvalue weighted by molar-refractivity contribution is -0.383. The molecule has 2 aromatic rings. The molecule has 0 bridgehead atoms. The van der Waals surface area contributed by atoms with Crippen LogP contribution in [0.25, 0.3) is 0 Å². The molecular weight excluding hydrogens is 260 g/mol. The molecule has 0 spiro atoms. The number of methoxy groups -OCH3 is 1. The number of hydrogen-bond acceptors (Lipinski definition) is 5. The summed E-state index contributed by atoms with van der Waals surface area (Å²) in [6.07, 6.45) is 0. The van der Waals surface area contributed by atoms with Gasteiger partial charge in [-0.15, -0.1) is 0 Å². The number of nitrogens with two attached hydrogens (primary N) is 1. The van der Waals surface area contributed by atoms with Crippen LogP contribution in [0.2, 0.25) is 0 Å². The monoisotopic (exact) mass is 274 g/mol. The molecule has 2 aromatic carbocycles. The van der Waals surface area contributed by atoms with Crippen LogP contribution in [-0.2, 0) is 11.3 Å². The number of nitrogen functional groups attached to an aromatic ring is 1. The summed E-state index contributed by atoms with van der Waals surface area (Å²) in [5.74, 6) is 1.07. The summed E-state index contributed by atoms with van der Waals surface area (Å²) in [5, 5.41) is 10.7. The maximum absolute atomic E-state index is 10.7. The zero-order valence-electron chi connectivity index (χ0n) is 10.9. The molecule has 0 aliphatic carbocycles. The molecule has 2 N–H and O–H groups in total. The molecule has 104 valence electrons. The molecule has 6 heteroatoms. The van der Waals surface area contributed by atoms with Crippen LogP contribution in [-0.4, -0.2) is 12.0 Å². The van der Waals surface area contributed by atoms with Gasteiger partial charge in [-0.05, 0) is 23.8 Å². The first-order valence-electron chi connectivity index (χ1n) is 5.90. The largest absolute Gasteiger partial charge is 0.457 e. The van der Waals surface area contributed by atoms with Gasteiger partial charge in [0.05, 0.1) is 11.5 Å². The Morgan fingerprint density at radius 3 is 2.60 bits per heavy atom. The Bertz CT molecular complexity index is 628. The lowest BCUT2D eigenvalue weighted by Gasteiger charge is -2.08. The number of ether oxygens (including phenoxy) is 2. The van der Waals surface area contributed by atoms with E-state index in [1.807, 2.05) is 18.2 Å². The van der Waals surface area contributed by atoms with E-state index in [1.165, 1.54) is 18.2 Å². The molecule has 0 radical (unpaired) electrons. The van der Waals surface area contributed by atoms with Crippen LogP contribution < -0.4 is 10.5 Å². The highest BCUT2D eigenvalue weighted by Gasteiger charge is 2.12. The number of anilines is 1. The van der Waals surface area contributed by atoms with Crippen LogP contribution in [0.4, 0.5) is 11.4 Å². The van der Waals surface area contributed by atoms with Gasteiger partial charge in [0.15, 0.2) is 0 Å². The van der Waals surface area contributed by atoms with E-state index in [4.69, 9.17) is 15.2 Å². The summed E-state index contributed by atoms with van der Waals surface area (Å²) in [6.45, 7) is 0.486. The summed E-state index contributed by atoms with van der Waals surface area (Å²) in [5.41, 5.74) is 6.52. The Morgan fingerprint density at radius 2 is 1.95 bits per heavy atom. The van der Waals surface area contributed by atoms with Gasteiger partial charge in [-0.2, -0.15) is 0 Å². The zero-order chi connectivity index (χ0) is 14.5. The van der Waals surface area contributed by atoms with Crippen molar-refractivity contribution in [3.8, 4) is 11.5 Å². The van der Waals surface area contributed by atoms with Gasteiger partial charge in [0, 0.05) is 19.2 Å². The normalized spacial score (nSPS) is 10.2. The van der Waals surface area contributed by atoms with E-state index in [-0.39, 0.29) is 11.4 Å². The number of nitro benzene ring substituents is 1. The first kappa shape index (κ1) is 13.8. The minimum Gasteiger partial charge on any atom is -0.457 e. The second-order valence-corrected chi connectivity index (χ2v) is 4.16. The highest BCUT2D eigenvalue weighted by molar-refractivity contribution is 5.61. The van der Waals surface area contributed by atoms with Gasteiger partial charge in [-0.1, -0.05) is 12.1 Å². The second-order valence-electron chi connectivity index (χ2n) is 4.16. The number of hydrogen-bond donors (Lipinski definition) is 1. The van der Waals surface area contributed by atoms with Crippen molar-refractivity contribution in [2.45, 2.75) is 6.61 Å². The van der Waals surface area contributed by atoms with Crippen molar-refractivity contribution in [3.63, 3.8) is 0 Å². The van der Waals surface area contributed by atoms with E-state index in [2.05, 4.69) is 0 Å². The van der Waals surface area contributed by atoms with Gasteiger partial charge in [0.2, 0.25) is 0 Å². The van der Waals surface area contributed by atoms with Crippen LogP contribution in [0, 0.1) is 10.1 Å². The molecule has 20 heavy (non-hydrogen) atoms. The van der Waals surface area contributed by atoms with Crippen molar-refractivity contribution in [3.05, 3.63) is 58.1 Å². The molecule has 0 atom stereocenters. The van der Waals surface area contributed by atoms with Crippen LogP contribution in [0.15, 0.2) is 42.5 Å². The smallest absolute Gasteiger partial charge is 0.292 e. The summed E-state index contributed by atoms with van der Waals surface area (Å²) < 4.78 is 10.7. The fourth-order valence-corrected chi connectivity index (χ4v) is 1.76. The zero-order valence-corrected chi connectivity index (χ0v) is 10.9. The Hall–Kier alpha value is -2.60. The van der Waals surface area contributed by atoms with E-state index in [0.717, 1.165) is 5.56 Å². The lowest BCUT2D eigenvalue weighted by Crippen LogP contribution is -1.96. The topological polar surface area (TPSA) is 87.6 Å². The van der Waals surface area contributed by atoms with Gasteiger partial charge in [0.1, 0.15) is 17.2 Å².